The highest BCUT2D eigenvalue weighted by molar-refractivity contribution is 7.90. The van der Waals surface area contributed by atoms with Gasteiger partial charge in [-0.05, 0) is 50.2 Å². The fourth-order valence-electron chi connectivity index (χ4n) is 3.92. The zero-order chi connectivity index (χ0) is 25.7. The molecule has 2 heterocycles. The average molecular weight is 533 g/mol. The normalized spacial score (nSPS) is 14.0. The number of likely N-dealkylation sites (tertiary alicyclic amines) is 1. The molecule has 0 aliphatic carbocycles. The van der Waals surface area contributed by atoms with Crippen molar-refractivity contribution >= 4 is 50.4 Å². The molecule has 0 unspecified atom stereocenters. The Labute approximate surface area is 215 Å². The summed E-state index contributed by atoms with van der Waals surface area (Å²) < 4.78 is 35.8. The molecule has 0 bridgehead atoms. The Kier molecular flexibility index (Phi) is 8.02. The predicted octanol–water partition coefficient (Wildman–Crippen LogP) is 4.09. The summed E-state index contributed by atoms with van der Waals surface area (Å²) in [6.45, 7) is 3.66. The number of nitrogen functional groups attached to an aromatic ring is 1. The van der Waals surface area contributed by atoms with Crippen molar-refractivity contribution in [1.29, 1.82) is 0 Å². The molecule has 0 atom stereocenters. The van der Waals surface area contributed by atoms with Crippen LogP contribution >= 0.6 is 11.6 Å². The quantitative estimate of drug-likeness (QED) is 0.350. The number of sulfone groups is 1. The predicted molar refractivity (Wildman–Crippen MR) is 142 cm³/mol. The zero-order valence-corrected chi connectivity index (χ0v) is 21.7. The lowest BCUT2D eigenvalue weighted by Crippen LogP contribution is -2.25. The van der Waals surface area contributed by atoms with Gasteiger partial charge in [0.25, 0.3) is 0 Å². The van der Waals surface area contributed by atoms with Gasteiger partial charge in [0.05, 0.1) is 23.4 Å². The molecule has 0 saturated carbocycles. The SMILES string of the molecule is COc1ccc(OCCN2CCCC2)cc1Nc1nc(N)c(Cl)c(Nc2ccccc2S(C)(=O)=O)n1. The van der Waals surface area contributed by atoms with Gasteiger partial charge in [0, 0.05) is 18.9 Å². The third-order valence-corrected chi connectivity index (χ3v) is 7.24. The van der Waals surface area contributed by atoms with Crippen molar-refractivity contribution in [2.75, 3.05) is 56.0 Å². The molecule has 12 heteroatoms. The molecule has 1 aromatic heterocycles. The van der Waals surface area contributed by atoms with Gasteiger partial charge >= 0.3 is 0 Å². The second-order valence-corrected chi connectivity index (χ2v) is 10.7. The average Bonchev–Trinajstić information content (AvgIpc) is 3.36. The van der Waals surface area contributed by atoms with Gasteiger partial charge in [0.2, 0.25) is 5.95 Å². The number of nitrogens with one attached hydrogen (secondary N) is 2. The van der Waals surface area contributed by atoms with Crippen LogP contribution in [0.1, 0.15) is 12.8 Å². The lowest BCUT2D eigenvalue weighted by Gasteiger charge is -2.17. The zero-order valence-electron chi connectivity index (χ0n) is 20.1. The van der Waals surface area contributed by atoms with Crippen LogP contribution in [0.2, 0.25) is 5.02 Å². The van der Waals surface area contributed by atoms with Crippen LogP contribution in [0.4, 0.5) is 29.0 Å². The van der Waals surface area contributed by atoms with Crippen molar-refractivity contribution in [3.63, 3.8) is 0 Å². The summed E-state index contributed by atoms with van der Waals surface area (Å²) in [6, 6.07) is 11.9. The number of rotatable bonds is 10. The number of methoxy groups -OCH3 is 1. The van der Waals surface area contributed by atoms with Gasteiger partial charge in [0.1, 0.15) is 28.9 Å². The van der Waals surface area contributed by atoms with Crippen LogP contribution in [0, 0.1) is 0 Å². The Balaban J connectivity index is 1.56. The van der Waals surface area contributed by atoms with E-state index in [1.165, 1.54) is 18.9 Å². The minimum atomic E-state index is -3.49. The van der Waals surface area contributed by atoms with Crippen molar-refractivity contribution in [3.8, 4) is 11.5 Å². The number of hydrogen-bond donors (Lipinski definition) is 3. The van der Waals surface area contributed by atoms with E-state index in [0.717, 1.165) is 25.9 Å². The molecular formula is C24H29ClN6O4S. The third kappa shape index (κ3) is 6.28. The summed E-state index contributed by atoms with van der Waals surface area (Å²) in [6.07, 6.45) is 3.60. The van der Waals surface area contributed by atoms with E-state index in [1.807, 2.05) is 6.07 Å². The molecule has 4 rings (SSSR count). The van der Waals surface area contributed by atoms with Gasteiger partial charge in [0.15, 0.2) is 15.7 Å². The van der Waals surface area contributed by atoms with Crippen LogP contribution in [0.15, 0.2) is 47.4 Å². The molecule has 4 N–H and O–H groups in total. The van der Waals surface area contributed by atoms with E-state index < -0.39 is 9.84 Å². The first-order valence-electron chi connectivity index (χ1n) is 11.4. The number of aromatic nitrogens is 2. The highest BCUT2D eigenvalue weighted by atomic mass is 35.5. The summed E-state index contributed by atoms with van der Waals surface area (Å²) >= 11 is 6.34. The second-order valence-electron chi connectivity index (χ2n) is 8.37. The van der Waals surface area contributed by atoms with Crippen molar-refractivity contribution in [3.05, 3.63) is 47.5 Å². The Bertz CT molecular complexity index is 1330. The number of hydrogen-bond acceptors (Lipinski definition) is 10. The number of para-hydroxylation sites is 1. The monoisotopic (exact) mass is 532 g/mol. The molecule has 10 nitrogen and oxygen atoms in total. The lowest BCUT2D eigenvalue weighted by atomic mass is 10.2. The van der Waals surface area contributed by atoms with Crippen molar-refractivity contribution in [2.24, 2.45) is 0 Å². The molecular weight excluding hydrogens is 504 g/mol. The van der Waals surface area contributed by atoms with Crippen LogP contribution in [-0.2, 0) is 9.84 Å². The van der Waals surface area contributed by atoms with Gasteiger partial charge in [-0.1, -0.05) is 23.7 Å². The van der Waals surface area contributed by atoms with Crippen molar-refractivity contribution < 1.29 is 17.9 Å². The fourth-order valence-corrected chi connectivity index (χ4v) is 4.89. The van der Waals surface area contributed by atoms with Crippen LogP contribution in [-0.4, -0.2) is 62.9 Å². The Hall–Kier alpha value is -3.28. The van der Waals surface area contributed by atoms with E-state index in [4.69, 9.17) is 26.8 Å². The minimum Gasteiger partial charge on any atom is -0.495 e. The maximum atomic E-state index is 12.2. The molecule has 0 spiro atoms. The molecule has 3 aromatic rings. The molecule has 0 radical (unpaired) electrons. The first-order chi connectivity index (χ1) is 17.2. The van der Waals surface area contributed by atoms with E-state index in [9.17, 15) is 8.42 Å². The summed E-state index contributed by atoms with van der Waals surface area (Å²) in [5.74, 6) is 1.53. The molecule has 1 saturated heterocycles. The first-order valence-corrected chi connectivity index (χ1v) is 13.7. The molecule has 36 heavy (non-hydrogen) atoms. The van der Waals surface area contributed by atoms with E-state index in [2.05, 4.69) is 25.5 Å². The summed E-state index contributed by atoms with van der Waals surface area (Å²) in [4.78, 5) is 11.1. The number of halogens is 1. The van der Waals surface area contributed by atoms with Crippen molar-refractivity contribution in [1.82, 2.24) is 14.9 Å². The smallest absolute Gasteiger partial charge is 0.231 e. The number of ether oxygens (including phenoxy) is 2. The Morgan fingerprint density at radius 1 is 1.08 bits per heavy atom. The van der Waals surface area contributed by atoms with Crippen molar-refractivity contribution in [2.45, 2.75) is 17.7 Å². The van der Waals surface area contributed by atoms with Crippen LogP contribution in [0.5, 0.6) is 11.5 Å². The molecule has 1 aliphatic rings. The number of benzene rings is 2. The molecule has 0 amide bonds. The molecule has 192 valence electrons. The van der Waals surface area contributed by atoms with Gasteiger partial charge in [-0.25, -0.2) is 8.42 Å². The maximum absolute atomic E-state index is 12.2. The summed E-state index contributed by atoms with van der Waals surface area (Å²) in [5.41, 5.74) is 6.92. The fraction of sp³-hybridized carbons (Fsp3) is 0.333. The van der Waals surface area contributed by atoms with Gasteiger partial charge in [-0.15, -0.1) is 0 Å². The Morgan fingerprint density at radius 2 is 1.83 bits per heavy atom. The lowest BCUT2D eigenvalue weighted by molar-refractivity contribution is 0.237. The van der Waals surface area contributed by atoms with Crippen LogP contribution in [0.3, 0.4) is 0 Å². The largest absolute Gasteiger partial charge is 0.495 e. The van der Waals surface area contributed by atoms with Gasteiger partial charge in [-0.2, -0.15) is 9.97 Å². The maximum Gasteiger partial charge on any atom is 0.231 e. The number of anilines is 5. The molecule has 1 aliphatic heterocycles. The minimum absolute atomic E-state index is 0.0190. The first kappa shape index (κ1) is 25.8. The topological polar surface area (TPSA) is 132 Å². The highest BCUT2D eigenvalue weighted by Crippen LogP contribution is 2.34. The van der Waals surface area contributed by atoms with Crippen LogP contribution in [0.25, 0.3) is 0 Å². The Morgan fingerprint density at radius 3 is 2.56 bits per heavy atom. The molecule has 2 aromatic carbocycles. The van der Waals surface area contributed by atoms with E-state index in [-0.39, 0.29) is 27.5 Å². The van der Waals surface area contributed by atoms with Gasteiger partial charge < -0.3 is 25.8 Å². The number of nitrogens with two attached hydrogens (primary N) is 1. The van der Waals surface area contributed by atoms with E-state index in [1.54, 1.807) is 37.4 Å². The summed E-state index contributed by atoms with van der Waals surface area (Å²) in [7, 11) is -1.94. The third-order valence-electron chi connectivity index (χ3n) is 5.71. The molecule has 1 fully saturated rings. The highest BCUT2D eigenvalue weighted by Gasteiger charge is 2.18. The second kappa shape index (κ2) is 11.2. The van der Waals surface area contributed by atoms with Crippen LogP contribution < -0.4 is 25.8 Å². The van der Waals surface area contributed by atoms with E-state index in [0.29, 0.717) is 29.5 Å². The van der Waals surface area contributed by atoms with Gasteiger partial charge in [-0.3, -0.25) is 4.90 Å². The number of nitrogens with zero attached hydrogens (tertiary/aromatic N) is 3. The summed E-state index contributed by atoms with van der Waals surface area (Å²) in [5, 5.41) is 6.13. The van der Waals surface area contributed by atoms with E-state index >= 15 is 0 Å². The standard InChI is InChI=1S/C24H29ClN6O4S/c1-34-19-10-9-16(35-14-13-31-11-5-6-12-31)15-18(19)28-24-29-22(26)21(25)23(30-24)27-17-7-3-4-8-20(17)36(2,32)33/h3-4,7-10,15H,5-6,11-14H2,1-2H3,(H4,26,27,28,29,30).